The van der Waals surface area contributed by atoms with E-state index in [-0.39, 0.29) is 35.2 Å². The van der Waals surface area contributed by atoms with Gasteiger partial charge < -0.3 is 19.9 Å². The summed E-state index contributed by atoms with van der Waals surface area (Å²) in [6, 6.07) is 11.7. The largest absolute Gasteiger partial charge is 0.486 e. The monoisotopic (exact) mass is 499 g/mol. The number of rotatable bonds is 7. The summed E-state index contributed by atoms with van der Waals surface area (Å²) < 4.78 is 18.0. The molecule has 1 aliphatic rings. The van der Waals surface area contributed by atoms with Gasteiger partial charge in [0.05, 0.1) is 17.1 Å². The van der Waals surface area contributed by atoms with Crippen molar-refractivity contribution < 1.29 is 23.8 Å². The number of nitrogen functional groups attached to an aromatic ring is 1. The van der Waals surface area contributed by atoms with Crippen molar-refractivity contribution in [3.8, 4) is 11.5 Å². The van der Waals surface area contributed by atoms with Crippen LogP contribution in [0.4, 0.5) is 5.82 Å². The first-order valence-electron chi connectivity index (χ1n) is 10.8. The van der Waals surface area contributed by atoms with Gasteiger partial charge >= 0.3 is 11.7 Å². The van der Waals surface area contributed by atoms with Crippen LogP contribution in [0.25, 0.3) is 0 Å². The van der Waals surface area contributed by atoms with Crippen LogP contribution >= 0.6 is 11.6 Å². The molecule has 182 valence electrons. The molecule has 0 fully saturated rings. The Labute approximate surface area is 204 Å². The second-order valence-corrected chi connectivity index (χ2v) is 8.05. The minimum Gasteiger partial charge on any atom is -0.486 e. The van der Waals surface area contributed by atoms with Gasteiger partial charge in [-0.3, -0.25) is 18.7 Å². The van der Waals surface area contributed by atoms with E-state index in [1.807, 2.05) is 6.07 Å². The minimum atomic E-state index is -0.857. The molecule has 35 heavy (non-hydrogen) atoms. The number of nitrogens with zero attached hydrogens (tertiary/aromatic N) is 2. The Kier molecular flexibility index (Phi) is 6.92. The average molecular weight is 500 g/mol. The van der Waals surface area contributed by atoms with Crippen LogP contribution in [-0.4, -0.2) is 40.7 Å². The van der Waals surface area contributed by atoms with Gasteiger partial charge in [0.15, 0.2) is 18.1 Å². The molecule has 4 rings (SSSR count). The fourth-order valence-electron chi connectivity index (χ4n) is 3.69. The maximum absolute atomic E-state index is 12.9. The van der Waals surface area contributed by atoms with Crippen LogP contribution in [-0.2, 0) is 17.8 Å². The molecule has 0 aliphatic carbocycles. The number of ketones is 1. The predicted octanol–water partition coefficient (Wildman–Crippen LogP) is 2.12. The number of carbonyl (C=O) groups excluding carboxylic acids is 2. The minimum absolute atomic E-state index is 0.0303. The highest BCUT2D eigenvalue weighted by Crippen LogP contribution is 2.38. The summed E-state index contributed by atoms with van der Waals surface area (Å²) in [5.74, 6) is -1.39. The normalized spacial score (nSPS) is 12.3. The number of halogens is 1. The molecule has 1 aliphatic heterocycles. The third kappa shape index (κ3) is 4.78. The maximum Gasteiger partial charge on any atom is 0.338 e. The standard InChI is InChI=1S/C24H22ClN3O7/c1-2-27-22(30)19(21(26)28(24(27)32)12-14-6-4-3-5-7-14)17(29)13-35-23(31)15-10-16(25)20-18(11-15)33-8-9-34-20/h3-7,10-11H,2,8-9,12-13,26H2,1H3. The summed E-state index contributed by atoms with van der Waals surface area (Å²) >= 11 is 6.15. The summed E-state index contributed by atoms with van der Waals surface area (Å²) in [6.45, 7) is 1.55. The molecule has 0 atom stereocenters. The van der Waals surface area contributed by atoms with E-state index in [2.05, 4.69) is 0 Å². The summed E-state index contributed by atoms with van der Waals surface area (Å²) in [5.41, 5.74) is 5.00. The number of carbonyl (C=O) groups is 2. The molecule has 0 radical (unpaired) electrons. The molecule has 0 saturated heterocycles. The second kappa shape index (κ2) is 10.1. The van der Waals surface area contributed by atoms with Crippen molar-refractivity contribution in [1.82, 2.24) is 9.13 Å². The van der Waals surface area contributed by atoms with Crippen LogP contribution in [0.3, 0.4) is 0 Å². The molecule has 0 saturated carbocycles. The van der Waals surface area contributed by atoms with Gasteiger partial charge in [-0.05, 0) is 24.6 Å². The number of ether oxygens (including phenoxy) is 3. The van der Waals surface area contributed by atoms with Crippen molar-refractivity contribution in [2.75, 3.05) is 25.6 Å². The van der Waals surface area contributed by atoms with Crippen molar-refractivity contribution in [3.63, 3.8) is 0 Å². The van der Waals surface area contributed by atoms with E-state index < -0.39 is 35.2 Å². The van der Waals surface area contributed by atoms with E-state index in [0.29, 0.717) is 19.0 Å². The lowest BCUT2D eigenvalue weighted by atomic mass is 10.1. The van der Waals surface area contributed by atoms with Crippen molar-refractivity contribution in [2.24, 2.45) is 0 Å². The third-order valence-corrected chi connectivity index (χ3v) is 5.69. The number of nitrogens with two attached hydrogens (primary N) is 1. The van der Waals surface area contributed by atoms with Crippen LogP contribution in [0.1, 0.15) is 33.2 Å². The molecule has 2 aromatic carbocycles. The van der Waals surface area contributed by atoms with E-state index >= 15 is 0 Å². The Bertz CT molecular complexity index is 1410. The first-order valence-corrected chi connectivity index (χ1v) is 11.2. The first-order chi connectivity index (χ1) is 16.8. The highest BCUT2D eigenvalue weighted by Gasteiger charge is 2.25. The van der Waals surface area contributed by atoms with Crippen LogP contribution in [0.5, 0.6) is 11.5 Å². The lowest BCUT2D eigenvalue weighted by molar-refractivity contribution is 0.0473. The number of aromatic nitrogens is 2. The first kappa shape index (κ1) is 24.1. The zero-order valence-corrected chi connectivity index (χ0v) is 19.5. The number of Topliss-reactive ketones (excluding diaryl/α,β-unsaturated/α-hetero) is 1. The van der Waals surface area contributed by atoms with E-state index in [9.17, 15) is 19.2 Å². The molecule has 2 N–H and O–H groups in total. The Hall–Kier alpha value is -4.05. The number of hydrogen-bond acceptors (Lipinski definition) is 8. The summed E-state index contributed by atoms with van der Waals surface area (Å²) in [5, 5.41) is 0.156. The van der Waals surface area contributed by atoms with Gasteiger partial charge in [-0.1, -0.05) is 41.9 Å². The Morgan fingerprint density at radius 2 is 1.80 bits per heavy atom. The van der Waals surface area contributed by atoms with Crippen LogP contribution in [0, 0.1) is 0 Å². The summed E-state index contributed by atoms with van der Waals surface area (Å²) in [6.07, 6.45) is 0. The molecule has 0 bridgehead atoms. The number of esters is 1. The SMILES string of the molecule is CCn1c(=O)c(C(=O)COC(=O)c2cc(Cl)c3c(c2)OCCO3)c(N)n(Cc2ccccc2)c1=O. The second-order valence-electron chi connectivity index (χ2n) is 7.65. The van der Waals surface area contributed by atoms with Gasteiger partial charge in [0.25, 0.3) is 5.56 Å². The maximum atomic E-state index is 12.9. The molecular formula is C24H22ClN3O7. The van der Waals surface area contributed by atoms with E-state index in [1.165, 1.54) is 12.1 Å². The Morgan fingerprint density at radius 1 is 1.09 bits per heavy atom. The van der Waals surface area contributed by atoms with Crippen molar-refractivity contribution in [3.05, 3.63) is 85.0 Å². The molecule has 0 unspecified atom stereocenters. The summed E-state index contributed by atoms with van der Waals surface area (Å²) in [7, 11) is 0. The van der Waals surface area contributed by atoms with Crippen LogP contribution in [0.15, 0.2) is 52.1 Å². The molecule has 11 heteroatoms. The van der Waals surface area contributed by atoms with Crippen molar-refractivity contribution >= 4 is 29.2 Å². The molecule has 1 aromatic heterocycles. The zero-order valence-electron chi connectivity index (χ0n) is 18.8. The van der Waals surface area contributed by atoms with E-state index in [1.54, 1.807) is 31.2 Å². The average Bonchev–Trinajstić information content (AvgIpc) is 2.86. The van der Waals surface area contributed by atoms with Crippen molar-refractivity contribution in [2.45, 2.75) is 20.0 Å². The van der Waals surface area contributed by atoms with Gasteiger partial charge in [-0.2, -0.15) is 0 Å². The predicted molar refractivity (Wildman–Crippen MR) is 128 cm³/mol. The fourth-order valence-corrected chi connectivity index (χ4v) is 3.96. The van der Waals surface area contributed by atoms with Crippen LogP contribution in [0.2, 0.25) is 5.02 Å². The van der Waals surface area contributed by atoms with E-state index in [4.69, 9.17) is 31.5 Å². The smallest absolute Gasteiger partial charge is 0.338 e. The van der Waals surface area contributed by atoms with Gasteiger partial charge in [0.1, 0.15) is 24.6 Å². The van der Waals surface area contributed by atoms with Crippen LogP contribution < -0.4 is 26.5 Å². The number of benzene rings is 2. The van der Waals surface area contributed by atoms with Gasteiger partial charge in [0, 0.05) is 6.54 Å². The van der Waals surface area contributed by atoms with E-state index in [0.717, 1.165) is 14.7 Å². The summed E-state index contributed by atoms with van der Waals surface area (Å²) in [4.78, 5) is 51.2. The lowest BCUT2D eigenvalue weighted by Gasteiger charge is -2.20. The van der Waals surface area contributed by atoms with Gasteiger partial charge in [-0.15, -0.1) is 0 Å². The molecule has 0 spiro atoms. The topological polar surface area (TPSA) is 132 Å². The molecule has 0 amide bonds. The zero-order chi connectivity index (χ0) is 25.1. The van der Waals surface area contributed by atoms with Gasteiger partial charge in [0.2, 0.25) is 5.78 Å². The number of fused-ring (bicyclic) bond motifs is 1. The molecule has 3 aromatic rings. The Balaban J connectivity index is 1.60. The van der Waals surface area contributed by atoms with Crippen molar-refractivity contribution in [1.29, 1.82) is 0 Å². The molecular weight excluding hydrogens is 478 g/mol. The third-order valence-electron chi connectivity index (χ3n) is 5.41. The Morgan fingerprint density at radius 3 is 2.51 bits per heavy atom. The highest BCUT2D eigenvalue weighted by molar-refractivity contribution is 6.32. The quantitative estimate of drug-likeness (QED) is 0.386. The van der Waals surface area contributed by atoms with Gasteiger partial charge in [-0.25, -0.2) is 9.59 Å². The fraction of sp³-hybridized carbons (Fsp3) is 0.250. The number of anilines is 1. The molecule has 10 nitrogen and oxygen atoms in total. The number of hydrogen-bond donors (Lipinski definition) is 1. The lowest BCUT2D eigenvalue weighted by Crippen LogP contribution is -2.44. The molecule has 2 heterocycles. The highest BCUT2D eigenvalue weighted by atomic mass is 35.5.